The van der Waals surface area contributed by atoms with Gasteiger partial charge >= 0.3 is 6.03 Å². The minimum absolute atomic E-state index is 0.0478. The number of carbonyl (C=O) groups excluding carboxylic acids is 1. The standard InChI is InChI=1S/C18H29N3O2/c1-14(2)8-9-19-18(22)21-11-10-20(3)17(13-21)15-6-5-7-16(12-15)23-4/h5-7,12,14,17H,8-11,13H2,1-4H3,(H,19,22). The van der Waals surface area contributed by atoms with Gasteiger partial charge in [-0.3, -0.25) is 4.90 Å². The van der Waals surface area contributed by atoms with E-state index < -0.39 is 0 Å². The van der Waals surface area contributed by atoms with Crippen LogP contribution in [0, 0.1) is 5.92 Å². The molecule has 5 nitrogen and oxygen atoms in total. The van der Waals surface area contributed by atoms with E-state index in [1.54, 1.807) is 7.11 Å². The topological polar surface area (TPSA) is 44.8 Å². The Morgan fingerprint density at radius 3 is 2.87 bits per heavy atom. The van der Waals surface area contributed by atoms with E-state index in [0.29, 0.717) is 12.5 Å². The highest BCUT2D eigenvalue weighted by molar-refractivity contribution is 5.74. The smallest absolute Gasteiger partial charge is 0.317 e. The van der Waals surface area contributed by atoms with Gasteiger partial charge in [0.15, 0.2) is 0 Å². The van der Waals surface area contributed by atoms with Crippen molar-refractivity contribution in [1.29, 1.82) is 0 Å². The molecule has 1 atom stereocenters. The summed E-state index contributed by atoms with van der Waals surface area (Å²) in [5, 5.41) is 3.04. The van der Waals surface area contributed by atoms with Gasteiger partial charge in [-0.25, -0.2) is 4.79 Å². The number of carbonyl (C=O) groups is 1. The van der Waals surface area contributed by atoms with Crippen molar-refractivity contribution in [2.75, 3.05) is 40.3 Å². The van der Waals surface area contributed by atoms with Crippen LogP contribution in [0.1, 0.15) is 31.9 Å². The molecule has 2 rings (SSSR count). The predicted octanol–water partition coefficient (Wildman–Crippen LogP) is 2.74. The van der Waals surface area contributed by atoms with Gasteiger partial charge in [0.05, 0.1) is 13.2 Å². The van der Waals surface area contributed by atoms with Crippen LogP contribution < -0.4 is 10.1 Å². The lowest BCUT2D eigenvalue weighted by atomic mass is 10.0. The molecule has 1 fully saturated rings. The van der Waals surface area contributed by atoms with Crippen molar-refractivity contribution in [1.82, 2.24) is 15.1 Å². The number of urea groups is 1. The molecule has 1 saturated heterocycles. The van der Waals surface area contributed by atoms with Crippen LogP contribution in [0.25, 0.3) is 0 Å². The second-order valence-electron chi connectivity index (χ2n) is 6.63. The van der Waals surface area contributed by atoms with E-state index >= 15 is 0 Å². The number of hydrogen-bond donors (Lipinski definition) is 1. The Hall–Kier alpha value is -1.75. The Bertz CT molecular complexity index is 519. The summed E-state index contributed by atoms with van der Waals surface area (Å²) >= 11 is 0. The fourth-order valence-corrected chi connectivity index (χ4v) is 2.85. The van der Waals surface area contributed by atoms with Crippen LogP contribution in [0.15, 0.2) is 24.3 Å². The molecule has 0 aliphatic carbocycles. The maximum Gasteiger partial charge on any atom is 0.317 e. The van der Waals surface area contributed by atoms with Gasteiger partial charge in [-0.2, -0.15) is 0 Å². The van der Waals surface area contributed by atoms with Crippen LogP contribution in [-0.4, -0.2) is 56.2 Å². The summed E-state index contributed by atoms with van der Waals surface area (Å²) in [5.74, 6) is 1.46. The summed E-state index contributed by atoms with van der Waals surface area (Å²) < 4.78 is 5.32. The molecular weight excluding hydrogens is 290 g/mol. The van der Waals surface area contributed by atoms with Crippen molar-refractivity contribution in [2.45, 2.75) is 26.3 Å². The Labute approximate surface area is 139 Å². The zero-order chi connectivity index (χ0) is 16.8. The van der Waals surface area contributed by atoms with Gasteiger partial charge in [-0.15, -0.1) is 0 Å². The molecule has 1 aromatic carbocycles. The van der Waals surface area contributed by atoms with Gasteiger partial charge in [0.1, 0.15) is 5.75 Å². The lowest BCUT2D eigenvalue weighted by Gasteiger charge is -2.39. The second kappa shape index (κ2) is 8.20. The number of amides is 2. The molecule has 5 heteroatoms. The molecule has 0 spiro atoms. The van der Waals surface area contributed by atoms with Crippen LogP contribution >= 0.6 is 0 Å². The van der Waals surface area contributed by atoms with E-state index in [4.69, 9.17) is 4.74 Å². The van der Waals surface area contributed by atoms with Gasteiger partial charge in [-0.1, -0.05) is 26.0 Å². The summed E-state index contributed by atoms with van der Waals surface area (Å²) in [6, 6.07) is 8.36. The minimum Gasteiger partial charge on any atom is -0.497 e. The number of hydrogen-bond acceptors (Lipinski definition) is 3. The van der Waals surface area contributed by atoms with E-state index in [-0.39, 0.29) is 12.1 Å². The summed E-state index contributed by atoms with van der Waals surface area (Å²) in [5.41, 5.74) is 1.19. The zero-order valence-corrected chi connectivity index (χ0v) is 14.7. The first-order valence-electron chi connectivity index (χ1n) is 8.38. The molecule has 0 bridgehead atoms. The van der Waals surface area contributed by atoms with E-state index in [0.717, 1.165) is 31.8 Å². The van der Waals surface area contributed by atoms with Crippen LogP contribution in [0.5, 0.6) is 5.75 Å². The maximum atomic E-state index is 12.4. The predicted molar refractivity (Wildman–Crippen MR) is 92.8 cm³/mol. The molecule has 23 heavy (non-hydrogen) atoms. The number of benzene rings is 1. The van der Waals surface area contributed by atoms with Crippen LogP contribution in [0.2, 0.25) is 0 Å². The van der Waals surface area contributed by atoms with Crippen LogP contribution in [0.3, 0.4) is 0 Å². The van der Waals surface area contributed by atoms with Crippen molar-refractivity contribution in [3.63, 3.8) is 0 Å². The molecule has 1 N–H and O–H groups in total. The monoisotopic (exact) mass is 319 g/mol. The Morgan fingerprint density at radius 2 is 2.17 bits per heavy atom. The molecular formula is C18H29N3O2. The van der Waals surface area contributed by atoms with Gasteiger partial charge in [0.25, 0.3) is 0 Å². The van der Waals surface area contributed by atoms with Crippen LogP contribution in [0.4, 0.5) is 4.79 Å². The second-order valence-corrected chi connectivity index (χ2v) is 6.63. The average Bonchev–Trinajstić information content (AvgIpc) is 2.54. The Kier molecular flexibility index (Phi) is 6.28. The number of rotatable bonds is 5. The third-order valence-electron chi connectivity index (χ3n) is 4.41. The first-order valence-corrected chi connectivity index (χ1v) is 8.38. The molecule has 0 radical (unpaired) electrons. The number of nitrogens with zero attached hydrogens (tertiary/aromatic N) is 2. The number of piperazine rings is 1. The maximum absolute atomic E-state index is 12.4. The zero-order valence-electron chi connectivity index (χ0n) is 14.7. The highest BCUT2D eigenvalue weighted by Gasteiger charge is 2.28. The largest absolute Gasteiger partial charge is 0.497 e. The van der Waals surface area contributed by atoms with Crippen molar-refractivity contribution >= 4 is 6.03 Å². The molecule has 1 aromatic rings. The normalized spacial score (nSPS) is 19.0. The Balaban J connectivity index is 1.99. The molecule has 2 amide bonds. The Morgan fingerprint density at radius 1 is 1.39 bits per heavy atom. The van der Waals surface area contributed by atoms with E-state index in [2.05, 4.69) is 43.2 Å². The van der Waals surface area contributed by atoms with Crippen LogP contribution in [-0.2, 0) is 0 Å². The van der Waals surface area contributed by atoms with Gasteiger partial charge in [0, 0.05) is 26.2 Å². The molecule has 1 aliphatic heterocycles. The SMILES string of the molecule is COc1cccc(C2CN(C(=O)NCCC(C)C)CCN2C)c1. The third kappa shape index (κ3) is 4.86. The number of methoxy groups -OCH3 is 1. The minimum atomic E-state index is 0.0478. The average molecular weight is 319 g/mol. The number of nitrogens with one attached hydrogen (secondary N) is 1. The van der Waals surface area contributed by atoms with Gasteiger partial charge in [0.2, 0.25) is 0 Å². The summed E-state index contributed by atoms with van der Waals surface area (Å²) in [4.78, 5) is 16.6. The van der Waals surface area contributed by atoms with E-state index in [1.165, 1.54) is 5.56 Å². The first kappa shape index (κ1) is 17.6. The molecule has 0 saturated carbocycles. The lowest BCUT2D eigenvalue weighted by molar-refractivity contribution is 0.110. The molecule has 1 unspecified atom stereocenters. The fourth-order valence-electron chi connectivity index (χ4n) is 2.85. The van der Waals surface area contributed by atoms with E-state index in [9.17, 15) is 4.79 Å². The summed E-state index contributed by atoms with van der Waals surface area (Å²) in [6.45, 7) is 7.43. The van der Waals surface area contributed by atoms with E-state index in [1.807, 2.05) is 17.0 Å². The summed E-state index contributed by atoms with van der Waals surface area (Å²) in [6.07, 6.45) is 1.01. The third-order valence-corrected chi connectivity index (χ3v) is 4.41. The van der Waals surface area contributed by atoms with Crippen molar-refractivity contribution in [3.8, 4) is 5.75 Å². The highest BCUT2D eigenvalue weighted by Crippen LogP contribution is 2.26. The molecule has 1 aliphatic rings. The first-order chi connectivity index (χ1) is 11.0. The summed E-state index contributed by atoms with van der Waals surface area (Å²) in [7, 11) is 3.79. The van der Waals surface area contributed by atoms with Gasteiger partial charge in [-0.05, 0) is 37.1 Å². The number of likely N-dealkylation sites (N-methyl/N-ethyl adjacent to an activating group) is 1. The van der Waals surface area contributed by atoms with Gasteiger partial charge < -0.3 is 15.0 Å². The lowest BCUT2D eigenvalue weighted by Crippen LogP contribution is -2.52. The van der Waals surface area contributed by atoms with Crippen molar-refractivity contribution < 1.29 is 9.53 Å². The highest BCUT2D eigenvalue weighted by atomic mass is 16.5. The molecule has 1 heterocycles. The molecule has 128 valence electrons. The fraction of sp³-hybridized carbons (Fsp3) is 0.611. The quantitative estimate of drug-likeness (QED) is 0.907. The van der Waals surface area contributed by atoms with Crippen molar-refractivity contribution in [2.24, 2.45) is 5.92 Å². The van der Waals surface area contributed by atoms with Crippen molar-refractivity contribution in [3.05, 3.63) is 29.8 Å². The number of ether oxygens (including phenoxy) is 1. The molecule has 0 aromatic heterocycles.